The number of ketones is 1. The topological polar surface area (TPSA) is 84.8 Å². The summed E-state index contributed by atoms with van der Waals surface area (Å²) in [5.41, 5.74) is 0.144. The largest absolute Gasteiger partial charge is 0.417 e. The SMILES string of the molecule is Cc1ncsc1C(=O)CNC(=O)c1cc(-c2ncc(F)cn2)ccc1C(F)(F)F. The van der Waals surface area contributed by atoms with Gasteiger partial charge in [-0.05, 0) is 19.1 Å². The fourth-order valence-electron chi connectivity index (χ4n) is 2.49. The van der Waals surface area contributed by atoms with Crippen molar-refractivity contribution in [1.29, 1.82) is 0 Å². The van der Waals surface area contributed by atoms with Crippen molar-refractivity contribution < 1.29 is 27.2 Å². The highest BCUT2D eigenvalue weighted by atomic mass is 32.1. The number of carbonyl (C=O) groups is 2. The first-order chi connectivity index (χ1) is 13.7. The number of alkyl halides is 3. The molecule has 1 N–H and O–H groups in total. The minimum atomic E-state index is -4.80. The monoisotopic (exact) mass is 424 g/mol. The number of carbonyl (C=O) groups excluding carboxylic acids is 2. The number of amides is 1. The molecule has 0 saturated carbocycles. The van der Waals surface area contributed by atoms with Gasteiger partial charge in [0.1, 0.15) is 0 Å². The van der Waals surface area contributed by atoms with Gasteiger partial charge in [-0.15, -0.1) is 11.3 Å². The number of Topliss-reactive ketones (excluding diaryl/α,β-unsaturated/α-hetero) is 1. The van der Waals surface area contributed by atoms with E-state index in [0.717, 1.165) is 35.9 Å². The molecule has 0 saturated heterocycles. The van der Waals surface area contributed by atoms with Gasteiger partial charge >= 0.3 is 6.18 Å². The van der Waals surface area contributed by atoms with Crippen LogP contribution in [0, 0.1) is 12.7 Å². The zero-order valence-electron chi connectivity index (χ0n) is 14.7. The van der Waals surface area contributed by atoms with E-state index in [9.17, 15) is 27.2 Å². The molecular weight excluding hydrogens is 412 g/mol. The maximum absolute atomic E-state index is 13.3. The lowest BCUT2D eigenvalue weighted by Crippen LogP contribution is -2.31. The van der Waals surface area contributed by atoms with Crippen LogP contribution in [-0.2, 0) is 6.18 Å². The molecule has 2 aromatic heterocycles. The molecule has 0 atom stereocenters. The second kappa shape index (κ2) is 8.03. The molecule has 0 aliphatic carbocycles. The van der Waals surface area contributed by atoms with Crippen LogP contribution in [-0.4, -0.2) is 33.2 Å². The van der Waals surface area contributed by atoms with Gasteiger partial charge in [0.05, 0.1) is 46.1 Å². The van der Waals surface area contributed by atoms with Gasteiger partial charge in [0.2, 0.25) is 0 Å². The van der Waals surface area contributed by atoms with Gasteiger partial charge in [-0.3, -0.25) is 9.59 Å². The summed E-state index contributed by atoms with van der Waals surface area (Å²) in [5.74, 6) is -2.32. The first-order valence-electron chi connectivity index (χ1n) is 8.07. The Morgan fingerprint density at radius 1 is 1.14 bits per heavy atom. The number of hydrogen-bond donors (Lipinski definition) is 1. The smallest absolute Gasteiger partial charge is 0.345 e. The van der Waals surface area contributed by atoms with Crippen LogP contribution in [0.3, 0.4) is 0 Å². The lowest BCUT2D eigenvalue weighted by Gasteiger charge is -2.14. The molecule has 1 aromatic carbocycles. The summed E-state index contributed by atoms with van der Waals surface area (Å²) >= 11 is 1.07. The lowest BCUT2D eigenvalue weighted by molar-refractivity contribution is -0.137. The Bertz CT molecular complexity index is 1060. The predicted molar refractivity (Wildman–Crippen MR) is 95.9 cm³/mol. The van der Waals surface area contributed by atoms with Crippen molar-refractivity contribution in [3.63, 3.8) is 0 Å². The first-order valence-corrected chi connectivity index (χ1v) is 8.95. The van der Waals surface area contributed by atoms with Crippen LogP contribution in [0.15, 0.2) is 36.1 Å². The van der Waals surface area contributed by atoms with E-state index in [-0.39, 0.29) is 11.4 Å². The average Bonchev–Trinajstić information content (AvgIpc) is 3.11. The van der Waals surface area contributed by atoms with Crippen molar-refractivity contribution in [2.75, 3.05) is 6.54 Å². The Kier molecular flexibility index (Phi) is 5.69. The molecule has 29 heavy (non-hydrogen) atoms. The number of thiazole rings is 1. The van der Waals surface area contributed by atoms with Crippen LogP contribution in [0.4, 0.5) is 17.6 Å². The van der Waals surface area contributed by atoms with Gasteiger partial charge in [-0.25, -0.2) is 19.3 Å². The zero-order chi connectivity index (χ0) is 21.2. The van der Waals surface area contributed by atoms with Gasteiger partial charge in [0.25, 0.3) is 5.91 Å². The summed E-state index contributed by atoms with van der Waals surface area (Å²) < 4.78 is 53.0. The van der Waals surface area contributed by atoms with Gasteiger partial charge < -0.3 is 5.32 Å². The van der Waals surface area contributed by atoms with E-state index >= 15 is 0 Å². The third-order valence-electron chi connectivity index (χ3n) is 3.86. The molecular formula is C18H12F4N4O2S. The number of rotatable bonds is 5. The van der Waals surface area contributed by atoms with Gasteiger partial charge in [-0.2, -0.15) is 13.2 Å². The fourth-order valence-corrected chi connectivity index (χ4v) is 3.23. The molecule has 3 aromatic rings. The van der Waals surface area contributed by atoms with Crippen molar-refractivity contribution in [3.05, 3.63) is 63.6 Å². The summed E-state index contributed by atoms with van der Waals surface area (Å²) in [5, 5.41) is 2.20. The van der Waals surface area contributed by atoms with Crippen molar-refractivity contribution in [2.45, 2.75) is 13.1 Å². The predicted octanol–water partition coefficient (Wildman–Crippen LogP) is 3.68. The van der Waals surface area contributed by atoms with Crippen LogP contribution in [0.25, 0.3) is 11.4 Å². The van der Waals surface area contributed by atoms with Crippen LogP contribution >= 0.6 is 11.3 Å². The summed E-state index contributed by atoms with van der Waals surface area (Å²) in [7, 11) is 0. The van der Waals surface area contributed by atoms with E-state index < -0.39 is 41.4 Å². The van der Waals surface area contributed by atoms with Crippen molar-refractivity contribution in [1.82, 2.24) is 20.3 Å². The number of aromatic nitrogens is 3. The van der Waals surface area contributed by atoms with Crippen molar-refractivity contribution in [3.8, 4) is 11.4 Å². The normalized spacial score (nSPS) is 11.3. The molecule has 0 unspecified atom stereocenters. The Morgan fingerprint density at radius 2 is 1.83 bits per heavy atom. The van der Waals surface area contributed by atoms with E-state index in [1.165, 1.54) is 5.51 Å². The van der Waals surface area contributed by atoms with E-state index in [0.29, 0.717) is 16.6 Å². The zero-order valence-corrected chi connectivity index (χ0v) is 15.6. The number of nitrogens with zero attached hydrogens (tertiary/aromatic N) is 3. The molecule has 11 heteroatoms. The second-order valence-corrected chi connectivity index (χ2v) is 6.71. The standard InChI is InChI=1S/C18H12F4N4O2S/c1-9-15(29-8-26-9)14(27)7-25-17(28)12-4-10(2-3-13(12)18(20,21)22)16-23-5-11(19)6-24-16/h2-6,8H,7H2,1H3,(H,25,28). The number of benzene rings is 1. The third kappa shape index (κ3) is 4.62. The maximum Gasteiger partial charge on any atom is 0.417 e. The molecule has 0 aliphatic heterocycles. The molecule has 150 valence electrons. The van der Waals surface area contributed by atoms with Crippen LogP contribution in [0.2, 0.25) is 0 Å². The lowest BCUT2D eigenvalue weighted by atomic mass is 10.0. The van der Waals surface area contributed by atoms with E-state index in [4.69, 9.17) is 0 Å². The van der Waals surface area contributed by atoms with Gasteiger partial charge in [0.15, 0.2) is 17.4 Å². The summed E-state index contributed by atoms with van der Waals surface area (Å²) in [4.78, 5) is 36.2. The van der Waals surface area contributed by atoms with E-state index in [1.807, 2.05) is 0 Å². The number of hydrogen-bond acceptors (Lipinski definition) is 6. The quantitative estimate of drug-likeness (QED) is 0.499. The van der Waals surface area contributed by atoms with Crippen LogP contribution in [0.5, 0.6) is 0 Å². The van der Waals surface area contributed by atoms with Crippen molar-refractivity contribution >= 4 is 23.0 Å². The Hall–Kier alpha value is -3.21. The van der Waals surface area contributed by atoms with Crippen molar-refractivity contribution in [2.24, 2.45) is 0 Å². The molecule has 6 nitrogen and oxygen atoms in total. The molecule has 2 heterocycles. The summed E-state index contributed by atoms with van der Waals surface area (Å²) in [6.45, 7) is 1.12. The average molecular weight is 424 g/mol. The first kappa shape index (κ1) is 20.5. The Balaban J connectivity index is 1.89. The number of halogens is 4. The molecule has 0 bridgehead atoms. The maximum atomic E-state index is 13.3. The van der Waals surface area contributed by atoms with Crippen LogP contribution in [0.1, 0.15) is 31.3 Å². The minimum Gasteiger partial charge on any atom is -0.345 e. The highest BCUT2D eigenvalue weighted by molar-refractivity contribution is 7.12. The van der Waals surface area contributed by atoms with Crippen LogP contribution < -0.4 is 5.32 Å². The number of nitrogens with one attached hydrogen (secondary N) is 1. The second-order valence-electron chi connectivity index (χ2n) is 5.86. The molecule has 3 rings (SSSR count). The third-order valence-corrected chi connectivity index (χ3v) is 4.83. The van der Waals surface area contributed by atoms with E-state index in [2.05, 4.69) is 20.3 Å². The highest BCUT2D eigenvalue weighted by Gasteiger charge is 2.35. The summed E-state index contributed by atoms with van der Waals surface area (Å²) in [6.07, 6.45) is -3.08. The molecule has 0 radical (unpaired) electrons. The molecule has 0 fully saturated rings. The van der Waals surface area contributed by atoms with Gasteiger partial charge in [0, 0.05) is 5.56 Å². The van der Waals surface area contributed by atoms with E-state index in [1.54, 1.807) is 6.92 Å². The van der Waals surface area contributed by atoms with Gasteiger partial charge in [-0.1, -0.05) is 6.07 Å². The Labute approximate surface area is 165 Å². The fraction of sp³-hybridized carbons (Fsp3) is 0.167. The molecule has 0 aliphatic rings. The summed E-state index contributed by atoms with van der Waals surface area (Å²) in [6, 6.07) is 2.75. The minimum absolute atomic E-state index is 0.0504. The molecule has 1 amide bonds. The highest BCUT2D eigenvalue weighted by Crippen LogP contribution is 2.34. The molecule has 0 spiro atoms. The Morgan fingerprint density at radius 3 is 2.41 bits per heavy atom. The number of aryl methyl sites for hydroxylation is 1.